The van der Waals surface area contributed by atoms with Gasteiger partial charge in [-0.15, -0.1) is 0 Å². The molecule has 5 aliphatic rings. The molecule has 1 atom stereocenters. The molecule has 4 aliphatic carbocycles. The summed E-state index contributed by atoms with van der Waals surface area (Å²) in [5.41, 5.74) is 0.331. The SMILES string of the molecule is CC(NC(=O)c1ccc(F)c(S(=O)(=O)N2CCOCC2)c1)C12CC3CC(CC(C3)C1)C2. The van der Waals surface area contributed by atoms with Crippen LogP contribution in [-0.2, 0) is 14.8 Å². The van der Waals surface area contributed by atoms with Crippen molar-refractivity contribution in [3.8, 4) is 0 Å². The van der Waals surface area contributed by atoms with E-state index in [1.165, 1.54) is 55.0 Å². The Morgan fingerprint density at radius 2 is 1.71 bits per heavy atom. The Bertz CT molecular complexity index is 939. The number of hydrogen-bond donors (Lipinski definition) is 1. The van der Waals surface area contributed by atoms with E-state index in [9.17, 15) is 17.6 Å². The largest absolute Gasteiger partial charge is 0.379 e. The minimum Gasteiger partial charge on any atom is -0.379 e. The van der Waals surface area contributed by atoms with E-state index in [4.69, 9.17) is 4.74 Å². The standard InChI is InChI=1S/C23H31FN2O4S/c1-15(23-12-16-8-17(13-23)10-18(9-16)14-23)25-22(27)19-2-3-20(24)21(11-19)31(28,29)26-4-6-30-7-5-26/h2-3,11,15-18H,4-10,12-14H2,1H3,(H,25,27). The molecular weight excluding hydrogens is 419 g/mol. The van der Waals surface area contributed by atoms with E-state index >= 15 is 0 Å². The molecule has 8 heteroatoms. The molecule has 6 rings (SSSR count). The van der Waals surface area contributed by atoms with Crippen molar-refractivity contribution in [2.24, 2.45) is 23.2 Å². The summed E-state index contributed by atoms with van der Waals surface area (Å²) in [7, 11) is -4.02. The highest BCUT2D eigenvalue weighted by atomic mass is 32.2. The number of amides is 1. The molecule has 1 amide bonds. The van der Waals surface area contributed by atoms with Crippen LogP contribution in [0.25, 0.3) is 0 Å². The Balaban J connectivity index is 1.35. The maximum absolute atomic E-state index is 14.5. The number of ether oxygens (including phenoxy) is 1. The van der Waals surface area contributed by atoms with Crippen molar-refractivity contribution >= 4 is 15.9 Å². The summed E-state index contributed by atoms with van der Waals surface area (Å²) in [4.78, 5) is 12.6. The number of nitrogens with one attached hydrogen (secondary N) is 1. The van der Waals surface area contributed by atoms with Crippen molar-refractivity contribution in [1.29, 1.82) is 0 Å². The molecule has 5 fully saturated rings. The summed E-state index contributed by atoms with van der Waals surface area (Å²) in [5.74, 6) is 1.17. The molecule has 1 saturated heterocycles. The second-order valence-electron chi connectivity index (χ2n) is 10.1. The number of hydrogen-bond acceptors (Lipinski definition) is 4. The van der Waals surface area contributed by atoms with Gasteiger partial charge >= 0.3 is 0 Å². The third kappa shape index (κ3) is 3.80. The molecule has 1 aromatic rings. The molecule has 1 heterocycles. The summed E-state index contributed by atoms with van der Waals surface area (Å²) in [6.45, 7) is 3.01. The van der Waals surface area contributed by atoms with Crippen LogP contribution in [0.5, 0.6) is 0 Å². The zero-order valence-electron chi connectivity index (χ0n) is 18.0. The zero-order chi connectivity index (χ0) is 21.8. The van der Waals surface area contributed by atoms with E-state index in [0.717, 1.165) is 23.8 Å². The highest BCUT2D eigenvalue weighted by Gasteiger charge is 2.53. The van der Waals surface area contributed by atoms with Crippen molar-refractivity contribution in [3.63, 3.8) is 0 Å². The van der Waals surface area contributed by atoms with E-state index in [0.29, 0.717) is 0 Å². The smallest absolute Gasteiger partial charge is 0.251 e. The van der Waals surface area contributed by atoms with E-state index in [2.05, 4.69) is 12.2 Å². The van der Waals surface area contributed by atoms with Crippen LogP contribution >= 0.6 is 0 Å². The van der Waals surface area contributed by atoms with Gasteiger partial charge in [-0.3, -0.25) is 4.79 Å². The minimum absolute atomic E-state index is 0.0118. The van der Waals surface area contributed by atoms with Gasteiger partial charge in [-0.05, 0) is 86.8 Å². The molecule has 6 nitrogen and oxygen atoms in total. The van der Waals surface area contributed by atoms with Crippen LogP contribution < -0.4 is 5.32 Å². The van der Waals surface area contributed by atoms with Gasteiger partial charge in [0.15, 0.2) is 0 Å². The summed E-state index contributed by atoms with van der Waals surface area (Å²) >= 11 is 0. The Hall–Kier alpha value is -1.51. The molecule has 170 valence electrons. The van der Waals surface area contributed by atoms with Crippen LogP contribution in [0.1, 0.15) is 55.8 Å². The zero-order valence-corrected chi connectivity index (χ0v) is 18.8. The number of benzene rings is 1. The van der Waals surface area contributed by atoms with Gasteiger partial charge in [0.25, 0.3) is 5.91 Å². The second-order valence-corrected chi connectivity index (χ2v) is 12.0. The van der Waals surface area contributed by atoms with Gasteiger partial charge in [-0.1, -0.05) is 0 Å². The minimum atomic E-state index is -4.02. The lowest BCUT2D eigenvalue weighted by atomic mass is 9.48. The van der Waals surface area contributed by atoms with E-state index in [-0.39, 0.29) is 49.2 Å². The van der Waals surface area contributed by atoms with Crippen LogP contribution in [0.3, 0.4) is 0 Å². The van der Waals surface area contributed by atoms with Crippen molar-refractivity contribution < 1.29 is 22.3 Å². The first kappa shape index (κ1) is 21.3. The maximum Gasteiger partial charge on any atom is 0.251 e. The Morgan fingerprint density at radius 3 is 2.29 bits per heavy atom. The third-order valence-corrected chi connectivity index (χ3v) is 10.0. The fourth-order valence-corrected chi connectivity index (χ4v) is 8.41. The third-order valence-electron chi connectivity index (χ3n) is 8.13. The number of carbonyl (C=O) groups is 1. The predicted octanol–water partition coefficient (Wildman–Crippen LogP) is 3.18. The van der Waals surface area contributed by atoms with Gasteiger partial charge in [0.1, 0.15) is 10.7 Å². The van der Waals surface area contributed by atoms with Gasteiger partial charge in [0.2, 0.25) is 10.0 Å². The highest BCUT2D eigenvalue weighted by molar-refractivity contribution is 7.89. The van der Waals surface area contributed by atoms with Crippen molar-refractivity contribution in [1.82, 2.24) is 9.62 Å². The van der Waals surface area contributed by atoms with Crippen molar-refractivity contribution in [2.75, 3.05) is 26.3 Å². The van der Waals surface area contributed by atoms with Gasteiger partial charge in [0.05, 0.1) is 13.2 Å². The first-order valence-electron chi connectivity index (χ1n) is 11.5. The number of halogens is 1. The molecule has 4 saturated carbocycles. The van der Waals surface area contributed by atoms with Crippen LogP contribution in [0, 0.1) is 29.0 Å². The first-order valence-corrected chi connectivity index (χ1v) is 12.9. The first-order chi connectivity index (χ1) is 14.8. The average Bonchev–Trinajstić information content (AvgIpc) is 2.73. The van der Waals surface area contributed by atoms with Gasteiger partial charge in [-0.25, -0.2) is 12.8 Å². The van der Waals surface area contributed by atoms with E-state index < -0.39 is 20.7 Å². The number of nitrogens with zero attached hydrogens (tertiary/aromatic N) is 1. The average molecular weight is 451 g/mol. The molecule has 31 heavy (non-hydrogen) atoms. The number of morpholine rings is 1. The quantitative estimate of drug-likeness (QED) is 0.748. The summed E-state index contributed by atoms with van der Waals surface area (Å²) in [6, 6.07) is 3.65. The molecular formula is C23H31FN2O4S. The lowest BCUT2D eigenvalue weighted by Gasteiger charge is -2.59. The number of sulfonamides is 1. The lowest BCUT2D eigenvalue weighted by Crippen LogP contribution is -2.55. The molecule has 0 radical (unpaired) electrons. The summed E-state index contributed by atoms with van der Waals surface area (Å²) < 4.78 is 46.8. The Kier molecular flexibility index (Phi) is 5.38. The van der Waals surface area contributed by atoms with Crippen LogP contribution in [0.2, 0.25) is 0 Å². The Morgan fingerprint density at radius 1 is 1.13 bits per heavy atom. The van der Waals surface area contributed by atoms with Gasteiger partial charge in [-0.2, -0.15) is 4.31 Å². The van der Waals surface area contributed by atoms with Crippen LogP contribution in [0.4, 0.5) is 4.39 Å². The molecule has 1 N–H and O–H groups in total. The van der Waals surface area contributed by atoms with Gasteiger partial charge in [0, 0.05) is 24.7 Å². The predicted molar refractivity (Wildman–Crippen MR) is 114 cm³/mol. The summed E-state index contributed by atoms with van der Waals surface area (Å²) in [5, 5.41) is 3.14. The second kappa shape index (κ2) is 7.81. The topological polar surface area (TPSA) is 75.7 Å². The maximum atomic E-state index is 14.5. The Labute approximate surface area is 183 Å². The molecule has 1 aliphatic heterocycles. The monoisotopic (exact) mass is 450 g/mol. The van der Waals surface area contributed by atoms with Gasteiger partial charge < -0.3 is 10.1 Å². The highest BCUT2D eigenvalue weighted by Crippen LogP contribution is 2.61. The molecule has 0 aromatic heterocycles. The van der Waals surface area contributed by atoms with Crippen molar-refractivity contribution in [3.05, 3.63) is 29.6 Å². The fourth-order valence-electron chi connectivity index (χ4n) is 6.91. The number of carbonyl (C=O) groups excluding carboxylic acids is 1. The molecule has 1 aromatic carbocycles. The van der Waals surface area contributed by atoms with Crippen molar-refractivity contribution in [2.45, 2.75) is 56.4 Å². The number of rotatable bonds is 5. The van der Waals surface area contributed by atoms with E-state index in [1.54, 1.807) is 0 Å². The fraction of sp³-hybridized carbons (Fsp3) is 0.696. The lowest BCUT2D eigenvalue weighted by molar-refractivity contribution is -0.0688. The summed E-state index contributed by atoms with van der Waals surface area (Å²) in [6.07, 6.45) is 7.50. The molecule has 0 spiro atoms. The van der Waals surface area contributed by atoms with Crippen LogP contribution in [-0.4, -0.2) is 51.0 Å². The normalized spacial score (nSPS) is 33.9. The molecule has 1 unspecified atom stereocenters. The van der Waals surface area contributed by atoms with Crippen LogP contribution in [0.15, 0.2) is 23.1 Å². The van der Waals surface area contributed by atoms with E-state index in [1.807, 2.05) is 0 Å². The molecule has 4 bridgehead atoms.